The third-order valence-electron chi connectivity index (χ3n) is 15.3. The lowest BCUT2D eigenvalue weighted by Gasteiger charge is -2.29. The van der Waals surface area contributed by atoms with Crippen molar-refractivity contribution in [2.45, 2.75) is 341 Å². The predicted octanol–water partition coefficient (Wildman–Crippen LogP) is 20.4. The molecule has 0 spiro atoms. The quantitative estimate of drug-likeness (QED) is 0.0272. The fourth-order valence-electron chi connectivity index (χ4n) is 10.0. The van der Waals surface area contributed by atoms with Crippen LogP contribution in [0, 0.1) is 0 Å². The van der Waals surface area contributed by atoms with Crippen LogP contribution in [0.4, 0.5) is 0 Å². The first-order chi connectivity index (χ1) is 37.5. The molecule has 0 saturated heterocycles. The highest BCUT2D eigenvalue weighted by atomic mass is 31.2. The van der Waals surface area contributed by atoms with Crippen LogP contribution in [0.1, 0.15) is 328 Å². The molecular weight excluding hydrogens is 972 g/mol. The normalized spacial score (nSPS) is 14.0. The molecule has 3 unspecified atom stereocenters. The van der Waals surface area contributed by atoms with Gasteiger partial charge in [-0.25, -0.2) is 0 Å². The highest BCUT2D eigenvalue weighted by molar-refractivity contribution is 7.45. The van der Waals surface area contributed by atoms with E-state index in [1.807, 2.05) is 27.2 Å². The molecule has 0 aliphatic rings. The van der Waals surface area contributed by atoms with Crippen LogP contribution in [0.25, 0.3) is 0 Å². The standard InChI is InChI=1S/C68H131N2O6P/c1-6-8-10-12-14-16-18-20-22-24-26-28-30-32-34-35-36-38-40-42-44-46-48-50-52-54-56-58-60-62-68(72)69-66(65-76-77(73,74)75-64-63-70(3,4)5)67(71)61-59-57-55-53-51-49-47-45-43-41-39-37-33-31-29-27-25-23-21-19-17-15-13-11-9-7-2/h18,20,24,26,30,32,59,61,66-67,71H,6-17,19,21-23,25,27-29,31,33-58,60,62-65H2,1-5H3,(H-,69,72,73,74)/b20-18-,26-24-,32-30-,61-59+. The number of carbonyl (C=O) groups excluding carboxylic acids is 1. The second kappa shape index (κ2) is 59.1. The predicted molar refractivity (Wildman–Crippen MR) is 334 cm³/mol. The molecule has 0 saturated carbocycles. The van der Waals surface area contributed by atoms with Gasteiger partial charge in [-0.2, -0.15) is 0 Å². The molecule has 8 nitrogen and oxygen atoms in total. The minimum atomic E-state index is -4.60. The highest BCUT2D eigenvalue weighted by Gasteiger charge is 2.23. The summed E-state index contributed by atoms with van der Waals surface area (Å²) in [4.78, 5) is 25.6. The zero-order valence-corrected chi connectivity index (χ0v) is 52.8. The largest absolute Gasteiger partial charge is 0.756 e. The van der Waals surface area contributed by atoms with Gasteiger partial charge in [-0.1, -0.05) is 313 Å². The minimum absolute atomic E-state index is 0.000787. The molecule has 0 aliphatic heterocycles. The molecule has 0 heterocycles. The summed E-state index contributed by atoms with van der Waals surface area (Å²) in [6, 6.07) is -0.889. The molecular formula is C68H131N2O6P. The molecule has 0 bridgehead atoms. The number of phosphoric acid groups is 1. The van der Waals surface area contributed by atoms with Crippen LogP contribution in [0.2, 0.25) is 0 Å². The van der Waals surface area contributed by atoms with Crippen molar-refractivity contribution < 1.29 is 32.9 Å². The molecule has 0 rings (SSSR count). The molecule has 9 heteroatoms. The van der Waals surface area contributed by atoms with E-state index in [2.05, 4.69) is 55.6 Å². The van der Waals surface area contributed by atoms with Crippen LogP contribution in [0.5, 0.6) is 0 Å². The number of hydrogen-bond donors (Lipinski definition) is 2. The van der Waals surface area contributed by atoms with Crippen molar-refractivity contribution in [3.8, 4) is 0 Å². The number of quaternary nitrogens is 1. The van der Waals surface area contributed by atoms with Crippen LogP contribution >= 0.6 is 7.82 Å². The summed E-state index contributed by atoms with van der Waals surface area (Å²) in [5, 5.41) is 14.0. The lowest BCUT2D eigenvalue weighted by Crippen LogP contribution is -2.45. The van der Waals surface area contributed by atoms with E-state index < -0.39 is 20.0 Å². The highest BCUT2D eigenvalue weighted by Crippen LogP contribution is 2.38. The average Bonchev–Trinajstić information content (AvgIpc) is 3.39. The van der Waals surface area contributed by atoms with Crippen molar-refractivity contribution in [1.29, 1.82) is 0 Å². The number of nitrogens with one attached hydrogen (secondary N) is 1. The molecule has 2 N–H and O–H groups in total. The van der Waals surface area contributed by atoms with Gasteiger partial charge in [0.05, 0.1) is 39.9 Å². The zero-order valence-electron chi connectivity index (χ0n) is 51.9. The Labute approximate surface area is 479 Å². The number of allylic oxidation sites excluding steroid dienone is 7. The monoisotopic (exact) mass is 1100 g/mol. The number of carbonyl (C=O) groups is 1. The van der Waals surface area contributed by atoms with E-state index in [0.29, 0.717) is 17.4 Å². The van der Waals surface area contributed by atoms with Crippen LogP contribution < -0.4 is 10.2 Å². The first-order valence-electron chi connectivity index (χ1n) is 33.5. The van der Waals surface area contributed by atoms with Crippen molar-refractivity contribution in [2.75, 3.05) is 40.9 Å². The number of unbranched alkanes of at least 4 members (excludes halogenated alkanes) is 43. The maximum Gasteiger partial charge on any atom is 0.268 e. The molecule has 0 aromatic rings. The Morgan fingerprint density at radius 2 is 0.753 bits per heavy atom. The lowest BCUT2D eigenvalue weighted by molar-refractivity contribution is -0.870. The molecule has 454 valence electrons. The van der Waals surface area contributed by atoms with E-state index in [1.165, 1.54) is 257 Å². The van der Waals surface area contributed by atoms with Crippen LogP contribution in [-0.4, -0.2) is 68.5 Å². The summed E-state index contributed by atoms with van der Waals surface area (Å²) < 4.78 is 23.4. The third kappa shape index (κ3) is 61.9. The topological polar surface area (TPSA) is 108 Å². The Kier molecular flexibility index (Phi) is 57.9. The Morgan fingerprint density at radius 3 is 1.09 bits per heavy atom. The average molecular weight is 1100 g/mol. The van der Waals surface area contributed by atoms with Gasteiger partial charge in [0.2, 0.25) is 5.91 Å². The summed E-state index contributed by atoms with van der Waals surface area (Å²) in [6.07, 6.45) is 79.3. The minimum Gasteiger partial charge on any atom is -0.756 e. The van der Waals surface area contributed by atoms with Gasteiger partial charge in [0.1, 0.15) is 13.2 Å². The van der Waals surface area contributed by atoms with Gasteiger partial charge in [-0.05, 0) is 57.8 Å². The molecule has 0 fully saturated rings. The van der Waals surface area contributed by atoms with Gasteiger partial charge in [-0.3, -0.25) is 9.36 Å². The molecule has 3 atom stereocenters. The van der Waals surface area contributed by atoms with E-state index >= 15 is 0 Å². The number of rotatable bonds is 62. The maximum atomic E-state index is 13.0. The van der Waals surface area contributed by atoms with E-state index in [0.717, 1.165) is 51.4 Å². The van der Waals surface area contributed by atoms with E-state index in [4.69, 9.17) is 9.05 Å². The maximum absolute atomic E-state index is 13.0. The van der Waals surface area contributed by atoms with Crippen molar-refractivity contribution in [1.82, 2.24) is 5.32 Å². The van der Waals surface area contributed by atoms with Gasteiger partial charge in [0, 0.05) is 6.42 Å². The van der Waals surface area contributed by atoms with Crippen LogP contribution in [0.3, 0.4) is 0 Å². The summed E-state index contributed by atoms with van der Waals surface area (Å²) >= 11 is 0. The van der Waals surface area contributed by atoms with Gasteiger partial charge < -0.3 is 28.8 Å². The van der Waals surface area contributed by atoms with Crippen molar-refractivity contribution in [3.05, 3.63) is 48.6 Å². The molecule has 0 aromatic heterocycles. The fraction of sp³-hybridized carbons (Fsp3) is 0.868. The Bertz CT molecular complexity index is 1390. The number of amides is 1. The summed E-state index contributed by atoms with van der Waals surface area (Å²) in [5.41, 5.74) is 0. The number of hydrogen-bond acceptors (Lipinski definition) is 6. The molecule has 1 amide bonds. The van der Waals surface area contributed by atoms with Gasteiger partial charge in [-0.15, -0.1) is 0 Å². The van der Waals surface area contributed by atoms with Gasteiger partial charge in [0.15, 0.2) is 0 Å². The van der Waals surface area contributed by atoms with Crippen LogP contribution in [0.15, 0.2) is 48.6 Å². The number of phosphoric ester groups is 1. The summed E-state index contributed by atoms with van der Waals surface area (Å²) in [5.74, 6) is -0.194. The molecule has 0 aromatic carbocycles. The molecule has 0 aliphatic carbocycles. The van der Waals surface area contributed by atoms with Crippen molar-refractivity contribution in [2.24, 2.45) is 0 Å². The Morgan fingerprint density at radius 1 is 0.455 bits per heavy atom. The smallest absolute Gasteiger partial charge is 0.268 e. The SMILES string of the molecule is CCCCCCC/C=C\C/C=C\C/C=C\CCCCCCCCCCCCCCCCC(=O)NC(COP(=O)([O-])OCC[N+](C)(C)C)C(O)/C=C/CCCCCCCCCCCCCCCCCCCCCCCCCC. The van der Waals surface area contributed by atoms with Crippen molar-refractivity contribution >= 4 is 13.7 Å². The summed E-state index contributed by atoms with van der Waals surface area (Å²) in [6.45, 7) is 4.68. The number of nitrogens with zero attached hydrogens (tertiary/aromatic N) is 1. The van der Waals surface area contributed by atoms with Gasteiger partial charge in [0.25, 0.3) is 7.82 Å². The number of aliphatic hydroxyl groups excluding tert-OH is 1. The Hall–Kier alpha value is -1.54. The van der Waals surface area contributed by atoms with E-state index in [9.17, 15) is 19.4 Å². The Balaban J connectivity index is 4.10. The first-order valence-corrected chi connectivity index (χ1v) is 35.0. The van der Waals surface area contributed by atoms with Crippen molar-refractivity contribution in [3.63, 3.8) is 0 Å². The number of likely N-dealkylation sites (N-methyl/N-ethyl adjacent to an activating group) is 1. The number of aliphatic hydroxyl groups is 1. The van der Waals surface area contributed by atoms with Gasteiger partial charge >= 0.3 is 0 Å². The second-order valence-corrected chi connectivity index (χ2v) is 25.6. The zero-order chi connectivity index (χ0) is 56.3. The van der Waals surface area contributed by atoms with E-state index in [1.54, 1.807) is 6.08 Å². The lowest BCUT2D eigenvalue weighted by atomic mass is 10.0. The molecule has 0 radical (unpaired) electrons. The first kappa shape index (κ1) is 75.5. The van der Waals surface area contributed by atoms with E-state index in [-0.39, 0.29) is 19.1 Å². The molecule has 77 heavy (non-hydrogen) atoms. The third-order valence-corrected chi connectivity index (χ3v) is 16.2. The second-order valence-electron chi connectivity index (χ2n) is 24.2. The summed E-state index contributed by atoms with van der Waals surface area (Å²) in [7, 11) is 1.27. The van der Waals surface area contributed by atoms with Crippen LogP contribution in [-0.2, 0) is 18.4 Å². The fourth-order valence-corrected chi connectivity index (χ4v) is 10.8.